The van der Waals surface area contributed by atoms with Gasteiger partial charge >= 0.3 is 0 Å². The predicted molar refractivity (Wildman–Crippen MR) is 97.3 cm³/mol. The number of carbonyl (C=O) groups excluding carboxylic acids is 1. The van der Waals surface area contributed by atoms with Gasteiger partial charge in [-0.15, -0.1) is 0 Å². The van der Waals surface area contributed by atoms with Crippen molar-refractivity contribution in [2.75, 3.05) is 6.61 Å². The van der Waals surface area contributed by atoms with Crippen LogP contribution in [0.15, 0.2) is 24.3 Å². The third-order valence-corrected chi connectivity index (χ3v) is 5.14. The Morgan fingerprint density at radius 1 is 1.25 bits per heavy atom. The average molecular weight is 332 g/mol. The van der Waals surface area contributed by atoms with Crippen LogP contribution in [0.1, 0.15) is 51.2 Å². The second-order valence-corrected chi connectivity index (χ2v) is 7.47. The molecule has 1 aliphatic carbocycles. The predicted octanol–water partition coefficient (Wildman–Crippen LogP) is 3.24. The van der Waals surface area contributed by atoms with Crippen LogP contribution in [0.2, 0.25) is 0 Å². The van der Waals surface area contributed by atoms with Gasteiger partial charge in [0.1, 0.15) is 6.61 Å². The molecule has 1 aromatic carbocycles. The molecule has 0 saturated heterocycles. The van der Waals surface area contributed by atoms with Gasteiger partial charge in [0.15, 0.2) is 0 Å². The molecule has 1 aromatic rings. The van der Waals surface area contributed by atoms with Gasteiger partial charge in [0.2, 0.25) is 5.91 Å². The molecule has 0 bridgehead atoms. The van der Waals surface area contributed by atoms with Gasteiger partial charge in [0, 0.05) is 13.1 Å². The number of hydrogen-bond acceptors (Lipinski definition) is 3. The molecule has 3 atom stereocenters. The molecule has 0 heterocycles. The Labute approximate surface area is 146 Å². The maximum Gasteiger partial charge on any atom is 0.246 e. The summed E-state index contributed by atoms with van der Waals surface area (Å²) in [6.45, 7) is 8.00. The highest BCUT2D eigenvalue weighted by Crippen LogP contribution is 2.35. The summed E-state index contributed by atoms with van der Waals surface area (Å²) in [6, 6.07) is 7.99. The Hall–Kier alpha value is -1.39. The van der Waals surface area contributed by atoms with Crippen molar-refractivity contribution in [1.29, 1.82) is 0 Å². The van der Waals surface area contributed by atoms with Crippen LogP contribution in [0.3, 0.4) is 0 Å². The van der Waals surface area contributed by atoms with Gasteiger partial charge in [-0.3, -0.25) is 4.79 Å². The summed E-state index contributed by atoms with van der Waals surface area (Å²) in [5, 5.41) is 2.94. The van der Waals surface area contributed by atoms with Crippen LogP contribution in [0.5, 0.6) is 0 Å². The van der Waals surface area contributed by atoms with Crippen molar-refractivity contribution in [3.05, 3.63) is 35.4 Å². The fraction of sp³-hybridized carbons (Fsp3) is 0.650. The SMILES string of the molecule is CC(C)[C@@H]1CC[C@@H](C)C[C@H]1OCC(=O)NCc1ccc(CN)cc1. The van der Waals surface area contributed by atoms with E-state index < -0.39 is 0 Å². The summed E-state index contributed by atoms with van der Waals surface area (Å²) < 4.78 is 5.99. The second-order valence-electron chi connectivity index (χ2n) is 7.47. The fourth-order valence-electron chi connectivity index (χ4n) is 3.53. The van der Waals surface area contributed by atoms with E-state index >= 15 is 0 Å². The second kappa shape index (κ2) is 9.19. The lowest BCUT2D eigenvalue weighted by Gasteiger charge is -2.37. The number of ether oxygens (including phenoxy) is 1. The molecule has 0 unspecified atom stereocenters. The highest BCUT2D eigenvalue weighted by atomic mass is 16.5. The largest absolute Gasteiger partial charge is 0.368 e. The Bertz CT molecular complexity index is 513. The molecule has 1 amide bonds. The highest BCUT2D eigenvalue weighted by Gasteiger charge is 2.31. The molecule has 134 valence electrons. The third-order valence-electron chi connectivity index (χ3n) is 5.14. The van der Waals surface area contributed by atoms with Crippen LogP contribution in [-0.4, -0.2) is 18.6 Å². The molecular weight excluding hydrogens is 300 g/mol. The first kappa shape index (κ1) is 18.9. The Balaban J connectivity index is 1.76. The molecule has 1 aliphatic rings. The van der Waals surface area contributed by atoms with Crippen LogP contribution < -0.4 is 11.1 Å². The van der Waals surface area contributed by atoms with E-state index in [1.807, 2.05) is 24.3 Å². The zero-order chi connectivity index (χ0) is 17.5. The first-order valence-corrected chi connectivity index (χ1v) is 9.15. The van der Waals surface area contributed by atoms with Crippen LogP contribution in [0.25, 0.3) is 0 Å². The van der Waals surface area contributed by atoms with Crippen molar-refractivity contribution >= 4 is 5.91 Å². The third kappa shape index (κ3) is 5.60. The molecule has 0 radical (unpaired) electrons. The van der Waals surface area contributed by atoms with E-state index in [2.05, 4.69) is 26.1 Å². The molecule has 2 rings (SSSR count). The minimum absolute atomic E-state index is 0.0429. The van der Waals surface area contributed by atoms with Gasteiger partial charge in [-0.05, 0) is 41.7 Å². The van der Waals surface area contributed by atoms with Crippen molar-refractivity contribution in [2.45, 2.75) is 59.2 Å². The molecule has 4 nitrogen and oxygen atoms in total. The van der Waals surface area contributed by atoms with Crippen molar-refractivity contribution in [1.82, 2.24) is 5.32 Å². The number of amides is 1. The van der Waals surface area contributed by atoms with Crippen molar-refractivity contribution < 1.29 is 9.53 Å². The van der Waals surface area contributed by atoms with E-state index in [0.717, 1.165) is 17.5 Å². The zero-order valence-electron chi connectivity index (χ0n) is 15.3. The zero-order valence-corrected chi connectivity index (χ0v) is 15.3. The highest BCUT2D eigenvalue weighted by molar-refractivity contribution is 5.77. The number of carbonyl (C=O) groups is 1. The van der Waals surface area contributed by atoms with Crippen LogP contribution in [0, 0.1) is 17.8 Å². The quantitative estimate of drug-likeness (QED) is 0.805. The topological polar surface area (TPSA) is 64.3 Å². The van der Waals surface area contributed by atoms with Gasteiger partial charge in [0.05, 0.1) is 6.10 Å². The maximum atomic E-state index is 12.1. The lowest BCUT2D eigenvalue weighted by atomic mass is 9.75. The van der Waals surface area contributed by atoms with E-state index in [1.54, 1.807) is 0 Å². The summed E-state index contributed by atoms with van der Waals surface area (Å²) in [6.07, 6.45) is 3.76. The monoisotopic (exact) mass is 332 g/mol. The van der Waals surface area contributed by atoms with Crippen molar-refractivity contribution in [2.24, 2.45) is 23.5 Å². The van der Waals surface area contributed by atoms with Crippen LogP contribution in [0.4, 0.5) is 0 Å². The smallest absolute Gasteiger partial charge is 0.246 e. The molecule has 0 spiro atoms. The van der Waals surface area contributed by atoms with Crippen molar-refractivity contribution in [3.63, 3.8) is 0 Å². The molecule has 24 heavy (non-hydrogen) atoms. The number of hydrogen-bond donors (Lipinski definition) is 2. The van der Waals surface area contributed by atoms with Crippen LogP contribution >= 0.6 is 0 Å². The average Bonchev–Trinajstić information content (AvgIpc) is 2.58. The molecule has 0 aliphatic heterocycles. The van der Waals surface area contributed by atoms with E-state index in [0.29, 0.717) is 30.8 Å². The number of nitrogens with one attached hydrogen (secondary N) is 1. The lowest BCUT2D eigenvalue weighted by molar-refractivity contribution is -0.131. The molecule has 0 aromatic heterocycles. The molecular formula is C20H32N2O2. The Morgan fingerprint density at radius 2 is 1.92 bits per heavy atom. The van der Waals surface area contributed by atoms with Gasteiger partial charge in [-0.1, -0.05) is 51.5 Å². The summed E-state index contributed by atoms with van der Waals surface area (Å²) in [7, 11) is 0. The minimum Gasteiger partial charge on any atom is -0.368 e. The summed E-state index contributed by atoms with van der Waals surface area (Å²) >= 11 is 0. The molecule has 1 fully saturated rings. The van der Waals surface area contributed by atoms with Gasteiger partial charge in [-0.2, -0.15) is 0 Å². The molecule has 1 saturated carbocycles. The van der Waals surface area contributed by atoms with Crippen LogP contribution in [-0.2, 0) is 22.6 Å². The first-order valence-electron chi connectivity index (χ1n) is 9.15. The van der Waals surface area contributed by atoms with E-state index in [1.165, 1.54) is 12.8 Å². The van der Waals surface area contributed by atoms with E-state index in [-0.39, 0.29) is 18.6 Å². The Morgan fingerprint density at radius 3 is 2.54 bits per heavy atom. The first-order chi connectivity index (χ1) is 11.5. The molecule has 4 heteroatoms. The summed E-state index contributed by atoms with van der Waals surface area (Å²) in [5.74, 6) is 1.82. The normalized spacial score (nSPS) is 24.1. The van der Waals surface area contributed by atoms with E-state index in [4.69, 9.17) is 10.5 Å². The van der Waals surface area contributed by atoms with Gasteiger partial charge < -0.3 is 15.8 Å². The summed E-state index contributed by atoms with van der Waals surface area (Å²) in [5.41, 5.74) is 7.76. The standard InChI is InChI=1S/C20H32N2O2/c1-14(2)18-9-4-15(3)10-19(18)24-13-20(23)22-12-17-7-5-16(11-21)6-8-17/h5-8,14-15,18-19H,4,9-13,21H2,1-3H3,(H,22,23)/t15-,18+,19-/m1/s1. The fourth-order valence-corrected chi connectivity index (χ4v) is 3.53. The summed E-state index contributed by atoms with van der Waals surface area (Å²) in [4.78, 5) is 12.1. The lowest BCUT2D eigenvalue weighted by Crippen LogP contribution is -2.37. The van der Waals surface area contributed by atoms with Crippen molar-refractivity contribution in [3.8, 4) is 0 Å². The number of benzene rings is 1. The number of rotatable bonds is 7. The molecule has 3 N–H and O–H groups in total. The van der Waals surface area contributed by atoms with Gasteiger partial charge in [0.25, 0.3) is 0 Å². The number of nitrogens with two attached hydrogens (primary N) is 1. The van der Waals surface area contributed by atoms with Gasteiger partial charge in [-0.25, -0.2) is 0 Å². The maximum absolute atomic E-state index is 12.1. The minimum atomic E-state index is -0.0429. The Kier molecular flexibility index (Phi) is 7.25. The van der Waals surface area contributed by atoms with E-state index in [9.17, 15) is 4.79 Å².